The topological polar surface area (TPSA) is 52.6 Å². The predicted molar refractivity (Wildman–Crippen MR) is 150 cm³/mol. The Morgan fingerprint density at radius 3 is 1.69 bits per heavy atom. The molecule has 0 bridgehead atoms. The molecule has 4 nitrogen and oxygen atoms in total. The van der Waals surface area contributed by atoms with Crippen LogP contribution < -0.4 is 4.74 Å². The Hall–Kier alpha value is -3.61. The maximum absolute atomic E-state index is 13.0. The van der Waals surface area contributed by atoms with Crippen LogP contribution in [0, 0.1) is 0 Å². The standard InChI is InChI=1S/C32H39F3O4/c1-3-5-6-7-8-9-10-11-12-13-14-15-16-17-18-19-20-21-22-23-30(36)39-29-26-27(32(33,34)35)24-25-28(29)31(37)38-4-2/h5-6,8-9,11-12,14-15,17-18,20-21,24-26H,3-4,7,10,13,16,19,22-23H2,1-2H3/b6-5-,9-8-,12-11-,15-14-,18-17-,21-20-. The van der Waals surface area contributed by atoms with Crippen molar-refractivity contribution < 1.29 is 32.2 Å². The summed E-state index contributed by atoms with van der Waals surface area (Å²) in [5.41, 5.74) is -1.25. The van der Waals surface area contributed by atoms with E-state index in [1.54, 1.807) is 13.0 Å². The van der Waals surface area contributed by atoms with Gasteiger partial charge in [0, 0.05) is 6.42 Å². The number of ether oxygens (including phenoxy) is 2. The SMILES string of the molecule is CC/C=C\C/C=C\C/C=C\C/C=C\C/C=C\C/C=C\CCC(=O)Oc1cc(C(F)(F)F)ccc1C(=O)OCC. The number of alkyl halides is 3. The summed E-state index contributed by atoms with van der Waals surface area (Å²) in [5.74, 6) is -2.05. The Morgan fingerprint density at radius 2 is 1.23 bits per heavy atom. The first kappa shape index (κ1) is 33.4. The normalized spacial score (nSPS) is 12.7. The van der Waals surface area contributed by atoms with Crippen molar-refractivity contribution in [1.82, 2.24) is 0 Å². The van der Waals surface area contributed by atoms with Crippen LogP contribution in [0.3, 0.4) is 0 Å². The molecule has 0 aliphatic rings. The van der Waals surface area contributed by atoms with Gasteiger partial charge < -0.3 is 9.47 Å². The fourth-order valence-corrected chi connectivity index (χ4v) is 3.18. The molecule has 0 radical (unpaired) electrons. The van der Waals surface area contributed by atoms with Gasteiger partial charge in [0.1, 0.15) is 11.3 Å². The second-order valence-corrected chi connectivity index (χ2v) is 8.36. The molecule has 7 heteroatoms. The molecule has 0 N–H and O–H groups in total. The minimum Gasteiger partial charge on any atom is -0.462 e. The number of halogens is 3. The molecule has 39 heavy (non-hydrogen) atoms. The fraction of sp³-hybridized carbons (Fsp3) is 0.375. The largest absolute Gasteiger partial charge is 0.462 e. The van der Waals surface area contributed by atoms with Crippen LogP contribution in [-0.4, -0.2) is 18.5 Å². The first-order valence-electron chi connectivity index (χ1n) is 13.3. The van der Waals surface area contributed by atoms with Gasteiger partial charge >= 0.3 is 18.1 Å². The number of carbonyl (C=O) groups is 2. The van der Waals surface area contributed by atoms with Crippen molar-refractivity contribution in [3.05, 3.63) is 102 Å². The molecule has 0 heterocycles. The summed E-state index contributed by atoms with van der Waals surface area (Å²) in [6, 6.07) is 2.34. The average molecular weight is 545 g/mol. The molecule has 1 rings (SSSR count). The highest BCUT2D eigenvalue weighted by Crippen LogP contribution is 2.33. The second-order valence-electron chi connectivity index (χ2n) is 8.36. The van der Waals surface area contributed by atoms with Crippen LogP contribution in [-0.2, 0) is 15.7 Å². The quantitative estimate of drug-likeness (QED) is 0.111. The molecule has 0 saturated carbocycles. The zero-order valence-electron chi connectivity index (χ0n) is 22.8. The summed E-state index contributed by atoms with van der Waals surface area (Å²) >= 11 is 0. The van der Waals surface area contributed by atoms with Gasteiger partial charge in [-0.15, -0.1) is 0 Å². The Morgan fingerprint density at radius 1 is 0.744 bits per heavy atom. The molecule has 0 aliphatic heterocycles. The number of carbonyl (C=O) groups excluding carboxylic acids is 2. The summed E-state index contributed by atoms with van der Waals surface area (Å²) in [5, 5.41) is 0. The summed E-state index contributed by atoms with van der Waals surface area (Å²) in [4.78, 5) is 24.2. The van der Waals surface area contributed by atoms with Crippen molar-refractivity contribution in [2.24, 2.45) is 0 Å². The first-order chi connectivity index (χ1) is 18.8. The molecule has 0 saturated heterocycles. The van der Waals surface area contributed by atoms with Crippen molar-refractivity contribution >= 4 is 11.9 Å². The molecule has 212 valence electrons. The van der Waals surface area contributed by atoms with Crippen LogP contribution in [0.25, 0.3) is 0 Å². The van der Waals surface area contributed by atoms with Crippen molar-refractivity contribution in [2.75, 3.05) is 6.61 Å². The monoisotopic (exact) mass is 544 g/mol. The molecule has 0 amide bonds. The smallest absolute Gasteiger partial charge is 0.416 e. The van der Waals surface area contributed by atoms with Gasteiger partial charge in [-0.2, -0.15) is 13.2 Å². The number of rotatable bonds is 17. The lowest BCUT2D eigenvalue weighted by atomic mass is 10.1. The first-order valence-corrected chi connectivity index (χ1v) is 13.3. The average Bonchev–Trinajstić information content (AvgIpc) is 2.89. The third-order valence-electron chi connectivity index (χ3n) is 5.14. The van der Waals surface area contributed by atoms with E-state index >= 15 is 0 Å². The van der Waals surface area contributed by atoms with Crippen LogP contribution in [0.15, 0.2) is 91.1 Å². The van der Waals surface area contributed by atoms with Gasteiger partial charge in [-0.05, 0) is 70.1 Å². The highest BCUT2D eigenvalue weighted by atomic mass is 19.4. The number of benzene rings is 1. The second kappa shape index (κ2) is 20.4. The van der Waals surface area contributed by atoms with Crippen LogP contribution in [0.4, 0.5) is 13.2 Å². The summed E-state index contributed by atoms with van der Waals surface area (Å²) < 4.78 is 49.1. The van der Waals surface area contributed by atoms with Gasteiger partial charge in [-0.3, -0.25) is 4.79 Å². The van der Waals surface area contributed by atoms with Crippen LogP contribution >= 0.6 is 0 Å². The van der Waals surface area contributed by atoms with E-state index in [0.29, 0.717) is 18.9 Å². The van der Waals surface area contributed by atoms with Crippen molar-refractivity contribution in [1.29, 1.82) is 0 Å². The Kier molecular flexibility index (Phi) is 17.5. The molecular formula is C32H39F3O4. The van der Waals surface area contributed by atoms with E-state index in [1.165, 1.54) is 0 Å². The Labute approximate surface area is 230 Å². The minimum absolute atomic E-state index is 0.0376. The number of hydrogen-bond donors (Lipinski definition) is 0. The van der Waals surface area contributed by atoms with E-state index in [0.717, 1.165) is 44.2 Å². The molecule has 0 unspecified atom stereocenters. The highest BCUT2D eigenvalue weighted by Gasteiger charge is 2.32. The van der Waals surface area contributed by atoms with Gasteiger partial charge in [0.05, 0.1) is 12.2 Å². The third-order valence-corrected chi connectivity index (χ3v) is 5.14. The van der Waals surface area contributed by atoms with Crippen molar-refractivity contribution in [2.45, 2.75) is 71.4 Å². The van der Waals surface area contributed by atoms with Gasteiger partial charge in [0.2, 0.25) is 0 Å². The van der Waals surface area contributed by atoms with Crippen LogP contribution in [0.2, 0.25) is 0 Å². The predicted octanol–water partition coefficient (Wildman–Crippen LogP) is 9.27. The molecule has 0 aliphatic carbocycles. The Balaban J connectivity index is 2.34. The molecule has 1 aromatic carbocycles. The summed E-state index contributed by atoms with van der Waals surface area (Å²) in [6.45, 7) is 3.73. The summed E-state index contributed by atoms with van der Waals surface area (Å²) in [6.07, 6.45) is 26.1. The minimum atomic E-state index is -4.64. The highest BCUT2D eigenvalue weighted by molar-refractivity contribution is 5.93. The maximum atomic E-state index is 13.0. The molecule has 0 fully saturated rings. The third kappa shape index (κ3) is 16.1. The number of allylic oxidation sites excluding steroid dienone is 12. The molecule has 1 aromatic rings. The van der Waals surface area contributed by atoms with Gasteiger partial charge in [0.25, 0.3) is 0 Å². The lowest BCUT2D eigenvalue weighted by molar-refractivity contribution is -0.139. The van der Waals surface area contributed by atoms with E-state index in [-0.39, 0.29) is 18.6 Å². The number of hydrogen-bond acceptors (Lipinski definition) is 4. The van der Waals surface area contributed by atoms with E-state index in [4.69, 9.17) is 9.47 Å². The fourth-order valence-electron chi connectivity index (χ4n) is 3.18. The van der Waals surface area contributed by atoms with E-state index in [1.807, 2.05) is 12.2 Å². The molecule has 0 aromatic heterocycles. The summed E-state index contributed by atoms with van der Waals surface area (Å²) in [7, 11) is 0. The van der Waals surface area contributed by atoms with Crippen molar-refractivity contribution in [3.8, 4) is 5.75 Å². The molecule has 0 spiro atoms. The molecular weight excluding hydrogens is 505 g/mol. The lowest BCUT2D eigenvalue weighted by Gasteiger charge is -2.13. The van der Waals surface area contributed by atoms with E-state index in [2.05, 4.69) is 61.6 Å². The van der Waals surface area contributed by atoms with Gasteiger partial charge in [-0.25, -0.2) is 4.79 Å². The van der Waals surface area contributed by atoms with Gasteiger partial charge in [0.15, 0.2) is 0 Å². The van der Waals surface area contributed by atoms with E-state index < -0.39 is 29.4 Å². The maximum Gasteiger partial charge on any atom is 0.416 e. The Bertz CT molecular complexity index is 1040. The number of esters is 2. The zero-order chi connectivity index (χ0) is 28.8. The lowest BCUT2D eigenvalue weighted by Crippen LogP contribution is -2.14. The van der Waals surface area contributed by atoms with Crippen LogP contribution in [0.1, 0.15) is 81.1 Å². The van der Waals surface area contributed by atoms with Crippen LogP contribution in [0.5, 0.6) is 5.75 Å². The molecule has 0 atom stereocenters. The zero-order valence-corrected chi connectivity index (χ0v) is 22.8. The van der Waals surface area contributed by atoms with Gasteiger partial charge in [-0.1, -0.05) is 79.8 Å². The van der Waals surface area contributed by atoms with E-state index in [9.17, 15) is 22.8 Å². The van der Waals surface area contributed by atoms with Crippen molar-refractivity contribution in [3.63, 3.8) is 0 Å².